The molecule has 0 aliphatic heterocycles. The number of allylic oxidation sites excluding steroid dienone is 12. The number of phosphoric acid groups is 1. The van der Waals surface area contributed by atoms with E-state index in [0.29, 0.717) is 32.1 Å². The van der Waals surface area contributed by atoms with E-state index in [2.05, 4.69) is 35.8 Å². The van der Waals surface area contributed by atoms with E-state index < -0.39 is 44.7 Å². The quantitative estimate of drug-likeness (QED) is 0.0155. The van der Waals surface area contributed by atoms with Gasteiger partial charge in [-0.1, -0.05) is 169 Å². The molecule has 0 aromatic heterocycles. The minimum absolute atomic E-state index is 0.0794. The fourth-order valence-electron chi connectivity index (χ4n) is 5.49. The first-order valence-corrected chi connectivity index (χ1v) is 23.3. The molecule has 4 N–H and O–H groups in total. The Morgan fingerprint density at radius 1 is 0.552 bits per heavy atom. The lowest BCUT2D eigenvalue weighted by Crippen LogP contribution is -2.29. The van der Waals surface area contributed by atoms with Crippen molar-refractivity contribution in [3.05, 3.63) is 97.2 Å². The van der Waals surface area contributed by atoms with Crippen molar-refractivity contribution in [3.63, 3.8) is 0 Å². The van der Waals surface area contributed by atoms with Crippen LogP contribution in [0.15, 0.2) is 97.2 Å². The molecule has 58 heavy (non-hydrogen) atoms. The Bertz CT molecular complexity index is 1290. The van der Waals surface area contributed by atoms with Crippen molar-refractivity contribution >= 4 is 19.8 Å². The van der Waals surface area contributed by atoms with Crippen LogP contribution in [0.1, 0.15) is 155 Å². The molecule has 0 amide bonds. The molecular formula is C47H77O10P. The van der Waals surface area contributed by atoms with Crippen LogP contribution < -0.4 is 0 Å². The molecule has 0 unspecified atom stereocenters. The standard InChI is InChI=1S/C47H77O10P/c1-3-5-7-8-9-10-11-12-13-14-15-16-17-18-19-20-21-26-34-40-47(51)57-45(42-56-58(52,53)54)41-55-46(50)39-33-25-23-22-24-30-36-44(49)38-32-28-27-31-37-43(48)35-29-6-4-2/h6,9-10,12-13,23-25,27-32,37-38,43-45,48-49H,3-5,7-8,11,14-22,26,33-36,39-42H2,1-2H3,(H2,52,53,54)/b10-9-,13-12-,25-23-,28-27-,29-6-,30-24-,37-31+,38-32+/t43-,44+,45-/m1/s1. The predicted octanol–water partition coefficient (Wildman–Crippen LogP) is 11.3. The summed E-state index contributed by atoms with van der Waals surface area (Å²) in [5.74, 6) is -1.06. The molecule has 0 radical (unpaired) electrons. The summed E-state index contributed by atoms with van der Waals surface area (Å²) in [5.41, 5.74) is 0. The largest absolute Gasteiger partial charge is 0.469 e. The second kappa shape index (κ2) is 40.7. The van der Waals surface area contributed by atoms with Gasteiger partial charge in [0.25, 0.3) is 0 Å². The Balaban J connectivity index is 4.16. The average molecular weight is 833 g/mol. The molecule has 11 heteroatoms. The molecule has 0 aliphatic carbocycles. The van der Waals surface area contributed by atoms with Crippen LogP contribution in [-0.4, -0.2) is 63.5 Å². The topological polar surface area (TPSA) is 160 Å². The number of esters is 2. The summed E-state index contributed by atoms with van der Waals surface area (Å²) in [6, 6.07) is 0. The molecule has 0 bridgehead atoms. The van der Waals surface area contributed by atoms with Crippen molar-refractivity contribution in [2.24, 2.45) is 0 Å². The Kier molecular flexibility index (Phi) is 38.5. The zero-order valence-electron chi connectivity index (χ0n) is 35.6. The van der Waals surface area contributed by atoms with E-state index in [4.69, 9.17) is 19.3 Å². The highest BCUT2D eigenvalue weighted by molar-refractivity contribution is 7.46. The number of aliphatic hydroxyl groups is 2. The van der Waals surface area contributed by atoms with E-state index in [1.165, 1.54) is 57.8 Å². The van der Waals surface area contributed by atoms with E-state index in [0.717, 1.165) is 38.5 Å². The fraction of sp³-hybridized carbons (Fsp3) is 0.617. The van der Waals surface area contributed by atoms with E-state index in [9.17, 15) is 24.4 Å². The fourth-order valence-corrected chi connectivity index (χ4v) is 5.85. The molecule has 0 fully saturated rings. The average Bonchev–Trinajstić information content (AvgIpc) is 3.18. The minimum Gasteiger partial charge on any atom is -0.462 e. The molecular weight excluding hydrogens is 755 g/mol. The van der Waals surface area contributed by atoms with Crippen molar-refractivity contribution < 1.29 is 48.2 Å². The maximum atomic E-state index is 12.4. The number of hydrogen-bond acceptors (Lipinski definition) is 8. The van der Waals surface area contributed by atoms with E-state index in [1.54, 1.807) is 36.5 Å². The zero-order valence-corrected chi connectivity index (χ0v) is 36.5. The van der Waals surface area contributed by atoms with Gasteiger partial charge in [0.05, 0.1) is 18.8 Å². The first-order valence-electron chi connectivity index (χ1n) is 21.7. The van der Waals surface area contributed by atoms with Gasteiger partial charge in [-0.2, -0.15) is 0 Å². The molecule has 0 aromatic carbocycles. The summed E-state index contributed by atoms with van der Waals surface area (Å²) in [5, 5.41) is 19.9. The highest BCUT2D eigenvalue weighted by Crippen LogP contribution is 2.36. The van der Waals surface area contributed by atoms with E-state index in [-0.39, 0.29) is 19.4 Å². The highest BCUT2D eigenvalue weighted by Gasteiger charge is 2.22. The van der Waals surface area contributed by atoms with Gasteiger partial charge in [0, 0.05) is 12.8 Å². The van der Waals surface area contributed by atoms with Crippen LogP contribution in [0.25, 0.3) is 0 Å². The van der Waals surface area contributed by atoms with Gasteiger partial charge >= 0.3 is 19.8 Å². The summed E-state index contributed by atoms with van der Waals surface area (Å²) in [7, 11) is -4.81. The van der Waals surface area contributed by atoms with Gasteiger partial charge in [0.15, 0.2) is 6.10 Å². The van der Waals surface area contributed by atoms with Crippen LogP contribution >= 0.6 is 7.82 Å². The number of ether oxygens (including phenoxy) is 2. The van der Waals surface area contributed by atoms with Gasteiger partial charge in [-0.15, -0.1) is 0 Å². The van der Waals surface area contributed by atoms with Crippen molar-refractivity contribution in [1.29, 1.82) is 0 Å². The smallest absolute Gasteiger partial charge is 0.462 e. The Morgan fingerprint density at radius 2 is 1.05 bits per heavy atom. The number of rotatable bonds is 38. The van der Waals surface area contributed by atoms with Crippen molar-refractivity contribution in [3.8, 4) is 0 Å². The van der Waals surface area contributed by atoms with Crippen LogP contribution in [0.3, 0.4) is 0 Å². The first kappa shape index (κ1) is 54.9. The van der Waals surface area contributed by atoms with Crippen molar-refractivity contribution in [2.45, 2.75) is 173 Å². The highest BCUT2D eigenvalue weighted by atomic mass is 31.2. The summed E-state index contributed by atoms with van der Waals surface area (Å²) in [6.07, 6.45) is 49.1. The SMILES string of the molecule is CC/C=C\C[C@@H](O)/C=C/C=C\C=C\[C@@H](O)C/C=C\C/C=C\CCC(=O)OC[C@H](COP(=O)(O)O)OC(=O)CCCCCCCCCCC/C=C\C/C=C\CCCCC. The lowest BCUT2D eigenvalue weighted by atomic mass is 10.1. The van der Waals surface area contributed by atoms with Gasteiger partial charge < -0.3 is 29.5 Å². The van der Waals surface area contributed by atoms with Crippen LogP contribution in [0.2, 0.25) is 0 Å². The maximum absolute atomic E-state index is 12.4. The monoisotopic (exact) mass is 833 g/mol. The number of carbonyl (C=O) groups excluding carboxylic acids is 2. The van der Waals surface area contributed by atoms with Gasteiger partial charge in [0.1, 0.15) is 6.61 Å². The van der Waals surface area contributed by atoms with Crippen LogP contribution in [0.5, 0.6) is 0 Å². The summed E-state index contributed by atoms with van der Waals surface area (Å²) >= 11 is 0. The summed E-state index contributed by atoms with van der Waals surface area (Å²) in [6.45, 7) is 3.31. The van der Waals surface area contributed by atoms with Crippen LogP contribution in [0, 0.1) is 0 Å². The summed E-state index contributed by atoms with van der Waals surface area (Å²) < 4.78 is 26.3. The maximum Gasteiger partial charge on any atom is 0.469 e. The van der Waals surface area contributed by atoms with Gasteiger partial charge in [-0.25, -0.2) is 4.57 Å². The third-order valence-electron chi connectivity index (χ3n) is 8.77. The van der Waals surface area contributed by atoms with Gasteiger partial charge in [-0.05, 0) is 70.6 Å². The predicted molar refractivity (Wildman–Crippen MR) is 237 cm³/mol. The van der Waals surface area contributed by atoms with Crippen LogP contribution in [-0.2, 0) is 28.2 Å². The molecule has 0 aromatic rings. The second-order valence-corrected chi connectivity index (χ2v) is 15.6. The van der Waals surface area contributed by atoms with E-state index >= 15 is 0 Å². The normalized spacial score (nSPS) is 14.5. The molecule has 330 valence electrons. The number of aliphatic hydroxyl groups excluding tert-OH is 2. The number of hydrogen-bond donors (Lipinski definition) is 4. The third kappa shape index (κ3) is 42.5. The van der Waals surface area contributed by atoms with Crippen LogP contribution in [0.4, 0.5) is 0 Å². The number of carbonyl (C=O) groups is 2. The minimum atomic E-state index is -4.81. The Labute approximate surface area is 350 Å². The van der Waals surface area contributed by atoms with E-state index in [1.807, 2.05) is 43.4 Å². The molecule has 0 saturated carbocycles. The third-order valence-corrected chi connectivity index (χ3v) is 9.25. The number of phosphoric ester groups is 1. The summed E-state index contributed by atoms with van der Waals surface area (Å²) in [4.78, 5) is 42.9. The Morgan fingerprint density at radius 3 is 1.60 bits per heavy atom. The number of unbranched alkanes of at least 4 members (excludes halogenated alkanes) is 12. The molecule has 0 heterocycles. The van der Waals surface area contributed by atoms with Gasteiger partial charge in [0.2, 0.25) is 0 Å². The molecule has 0 spiro atoms. The van der Waals surface area contributed by atoms with Gasteiger partial charge in [-0.3, -0.25) is 14.1 Å². The second-order valence-electron chi connectivity index (χ2n) is 14.3. The lowest BCUT2D eigenvalue weighted by Gasteiger charge is -2.18. The van der Waals surface area contributed by atoms with Crippen molar-refractivity contribution in [1.82, 2.24) is 0 Å². The zero-order chi connectivity index (χ0) is 42.8. The van der Waals surface area contributed by atoms with Crippen molar-refractivity contribution in [2.75, 3.05) is 13.2 Å². The lowest BCUT2D eigenvalue weighted by molar-refractivity contribution is -0.161. The molecule has 0 rings (SSSR count). The molecule has 10 nitrogen and oxygen atoms in total. The molecule has 0 saturated heterocycles. The first-order chi connectivity index (χ1) is 28.1. The molecule has 3 atom stereocenters. The Hall–Kier alpha value is -3.11. The molecule has 0 aliphatic rings.